The second-order valence-electron chi connectivity index (χ2n) is 7.05. The van der Waals surface area contributed by atoms with Gasteiger partial charge < -0.3 is 14.6 Å². The van der Waals surface area contributed by atoms with Crippen LogP contribution in [0.15, 0.2) is 35.9 Å². The lowest BCUT2D eigenvalue weighted by atomic mass is 10.1. The molecule has 2 aromatic rings. The summed E-state index contributed by atoms with van der Waals surface area (Å²) in [7, 11) is 0. The third kappa shape index (κ3) is 5.58. The van der Waals surface area contributed by atoms with E-state index in [0.29, 0.717) is 5.69 Å². The summed E-state index contributed by atoms with van der Waals surface area (Å²) in [6, 6.07) is 11.1. The van der Waals surface area contributed by atoms with Gasteiger partial charge in [-0.05, 0) is 64.0 Å². The van der Waals surface area contributed by atoms with Gasteiger partial charge in [-0.3, -0.25) is 4.79 Å². The van der Waals surface area contributed by atoms with Gasteiger partial charge in [-0.2, -0.15) is 5.26 Å². The highest BCUT2D eigenvalue weighted by Crippen LogP contribution is 2.19. The van der Waals surface area contributed by atoms with Crippen LogP contribution < -0.4 is 5.32 Å². The molecule has 1 atom stereocenters. The highest BCUT2D eigenvalue weighted by molar-refractivity contribution is 6.01. The molecule has 6 heteroatoms. The van der Waals surface area contributed by atoms with Crippen LogP contribution in [0.4, 0.5) is 5.69 Å². The zero-order valence-electron chi connectivity index (χ0n) is 17.6. The molecule has 0 aliphatic rings. The topological polar surface area (TPSA) is 84.1 Å². The normalized spacial score (nSPS) is 12.2. The number of carbonyl (C=O) groups is 2. The standard InChI is InChI=1S/C23H27N3O3/c1-6-11-26-16(3)12-19(17(26)4)13-20(14-24)23(28)29-18(5)22(27)25-21-9-7-15(2)8-10-21/h7-10,12-13,18H,6,11H2,1-5H3,(H,25,27)/b20-13+/t18-/m0/s1. The number of aromatic nitrogens is 1. The first-order valence-corrected chi connectivity index (χ1v) is 9.63. The highest BCUT2D eigenvalue weighted by Gasteiger charge is 2.21. The van der Waals surface area contributed by atoms with Crippen molar-refractivity contribution in [3.63, 3.8) is 0 Å². The number of esters is 1. The van der Waals surface area contributed by atoms with Gasteiger partial charge in [-0.15, -0.1) is 0 Å². The molecule has 0 spiro atoms. The first-order chi connectivity index (χ1) is 13.8. The minimum atomic E-state index is -1.03. The molecule has 1 aromatic carbocycles. The maximum Gasteiger partial charge on any atom is 0.349 e. The minimum Gasteiger partial charge on any atom is -0.448 e. The fourth-order valence-corrected chi connectivity index (χ4v) is 2.99. The number of aryl methyl sites for hydroxylation is 2. The molecular weight excluding hydrogens is 366 g/mol. The number of nitrogens with zero attached hydrogens (tertiary/aromatic N) is 2. The molecule has 0 aliphatic carbocycles. The van der Waals surface area contributed by atoms with Crippen LogP contribution in [0.3, 0.4) is 0 Å². The van der Waals surface area contributed by atoms with E-state index in [9.17, 15) is 14.9 Å². The molecule has 0 radical (unpaired) electrons. The van der Waals surface area contributed by atoms with Gasteiger partial charge in [0.15, 0.2) is 6.10 Å². The Hall–Kier alpha value is -3.33. The Bertz CT molecular complexity index is 962. The van der Waals surface area contributed by atoms with Crippen molar-refractivity contribution >= 4 is 23.6 Å². The summed E-state index contributed by atoms with van der Waals surface area (Å²) in [5, 5.41) is 12.1. The summed E-state index contributed by atoms with van der Waals surface area (Å²) in [4.78, 5) is 24.7. The van der Waals surface area contributed by atoms with Crippen LogP contribution in [-0.2, 0) is 20.9 Å². The average molecular weight is 393 g/mol. The molecule has 2 rings (SSSR count). The van der Waals surface area contributed by atoms with E-state index in [1.165, 1.54) is 13.0 Å². The molecule has 152 valence electrons. The van der Waals surface area contributed by atoms with E-state index in [4.69, 9.17) is 4.74 Å². The predicted octanol–water partition coefficient (Wildman–Crippen LogP) is 4.30. The number of rotatable bonds is 7. The molecule has 1 N–H and O–H groups in total. The van der Waals surface area contributed by atoms with Crippen molar-refractivity contribution in [2.75, 3.05) is 5.32 Å². The molecule has 0 aliphatic heterocycles. The monoisotopic (exact) mass is 393 g/mol. The van der Waals surface area contributed by atoms with E-state index >= 15 is 0 Å². The first-order valence-electron chi connectivity index (χ1n) is 9.63. The lowest BCUT2D eigenvalue weighted by Gasteiger charge is -2.13. The second-order valence-corrected chi connectivity index (χ2v) is 7.05. The summed E-state index contributed by atoms with van der Waals surface area (Å²) in [5.41, 5.74) is 4.38. The summed E-state index contributed by atoms with van der Waals surface area (Å²) in [6.45, 7) is 10.3. The maximum atomic E-state index is 12.4. The van der Waals surface area contributed by atoms with E-state index < -0.39 is 18.0 Å². The quantitative estimate of drug-likeness (QED) is 0.432. The fourth-order valence-electron chi connectivity index (χ4n) is 2.99. The van der Waals surface area contributed by atoms with Gasteiger partial charge in [-0.1, -0.05) is 24.6 Å². The number of nitrogens with one attached hydrogen (secondary N) is 1. The van der Waals surface area contributed by atoms with E-state index in [1.807, 2.05) is 45.0 Å². The molecule has 0 bridgehead atoms. The number of amides is 1. The minimum absolute atomic E-state index is 0.142. The highest BCUT2D eigenvalue weighted by atomic mass is 16.5. The van der Waals surface area contributed by atoms with Crippen LogP contribution in [0, 0.1) is 32.1 Å². The van der Waals surface area contributed by atoms with Crippen molar-refractivity contribution in [1.82, 2.24) is 4.57 Å². The van der Waals surface area contributed by atoms with E-state index in [-0.39, 0.29) is 5.57 Å². The third-order valence-electron chi connectivity index (χ3n) is 4.67. The maximum absolute atomic E-state index is 12.4. The molecule has 0 fully saturated rings. The molecule has 1 aromatic heterocycles. The fraction of sp³-hybridized carbons (Fsp3) is 0.348. The Morgan fingerprint density at radius 2 is 1.90 bits per heavy atom. The largest absolute Gasteiger partial charge is 0.448 e. The van der Waals surface area contributed by atoms with Gasteiger partial charge in [0.05, 0.1) is 0 Å². The number of hydrogen-bond acceptors (Lipinski definition) is 4. The van der Waals surface area contributed by atoms with Crippen molar-refractivity contribution < 1.29 is 14.3 Å². The van der Waals surface area contributed by atoms with Crippen molar-refractivity contribution in [3.05, 3.63) is 58.4 Å². The number of hydrogen-bond donors (Lipinski definition) is 1. The molecule has 1 heterocycles. The van der Waals surface area contributed by atoms with E-state index in [1.54, 1.807) is 12.1 Å². The molecule has 0 unspecified atom stereocenters. The lowest BCUT2D eigenvalue weighted by molar-refractivity contribution is -0.148. The van der Waals surface area contributed by atoms with Gasteiger partial charge in [0.1, 0.15) is 11.6 Å². The van der Waals surface area contributed by atoms with Crippen LogP contribution in [0.5, 0.6) is 0 Å². The number of carbonyl (C=O) groups excluding carboxylic acids is 2. The Labute approximate surface area is 171 Å². The lowest BCUT2D eigenvalue weighted by Crippen LogP contribution is -2.30. The second kappa shape index (κ2) is 9.74. The van der Waals surface area contributed by atoms with Crippen molar-refractivity contribution in [2.45, 2.75) is 53.7 Å². The predicted molar refractivity (Wildman–Crippen MR) is 113 cm³/mol. The number of anilines is 1. The molecule has 29 heavy (non-hydrogen) atoms. The Balaban J connectivity index is 2.10. The van der Waals surface area contributed by atoms with Crippen LogP contribution in [0.2, 0.25) is 0 Å². The summed E-state index contributed by atoms with van der Waals surface area (Å²) < 4.78 is 7.35. The molecule has 0 saturated carbocycles. The number of ether oxygens (including phenoxy) is 1. The molecule has 0 saturated heterocycles. The number of nitriles is 1. The molecule has 1 amide bonds. The smallest absolute Gasteiger partial charge is 0.349 e. The van der Waals surface area contributed by atoms with Crippen LogP contribution in [-0.4, -0.2) is 22.5 Å². The van der Waals surface area contributed by atoms with Gasteiger partial charge >= 0.3 is 5.97 Å². The average Bonchev–Trinajstić information content (AvgIpc) is 2.95. The third-order valence-corrected chi connectivity index (χ3v) is 4.67. The Morgan fingerprint density at radius 1 is 1.24 bits per heavy atom. The Morgan fingerprint density at radius 3 is 2.48 bits per heavy atom. The Kier molecular flexibility index (Phi) is 7.38. The van der Waals surface area contributed by atoms with Crippen molar-refractivity contribution in [1.29, 1.82) is 5.26 Å². The summed E-state index contributed by atoms with van der Waals surface area (Å²) in [5.74, 6) is -1.28. The van der Waals surface area contributed by atoms with E-state index in [2.05, 4.69) is 16.8 Å². The van der Waals surface area contributed by atoms with Crippen LogP contribution >= 0.6 is 0 Å². The zero-order chi connectivity index (χ0) is 21.6. The summed E-state index contributed by atoms with van der Waals surface area (Å²) in [6.07, 6.45) is 1.47. The summed E-state index contributed by atoms with van der Waals surface area (Å²) >= 11 is 0. The van der Waals surface area contributed by atoms with Gasteiger partial charge in [0.25, 0.3) is 5.91 Å². The van der Waals surface area contributed by atoms with Crippen molar-refractivity contribution in [3.8, 4) is 6.07 Å². The molecular formula is C23H27N3O3. The molecule has 6 nitrogen and oxygen atoms in total. The SMILES string of the molecule is CCCn1c(C)cc(/C=C(\C#N)C(=O)O[C@@H](C)C(=O)Nc2ccc(C)cc2)c1C. The van der Waals surface area contributed by atoms with E-state index in [0.717, 1.165) is 35.5 Å². The van der Waals surface area contributed by atoms with Crippen molar-refractivity contribution in [2.24, 2.45) is 0 Å². The first kappa shape index (κ1) is 22.0. The number of benzene rings is 1. The van der Waals surface area contributed by atoms with Crippen LogP contribution in [0.1, 0.15) is 42.8 Å². The zero-order valence-corrected chi connectivity index (χ0v) is 17.6. The van der Waals surface area contributed by atoms with Crippen LogP contribution in [0.25, 0.3) is 6.08 Å². The van der Waals surface area contributed by atoms with Gasteiger partial charge in [-0.25, -0.2) is 4.79 Å². The van der Waals surface area contributed by atoms with Gasteiger partial charge in [0, 0.05) is 23.6 Å². The van der Waals surface area contributed by atoms with Gasteiger partial charge in [0.2, 0.25) is 0 Å².